The molecular formula is C38H43O19+. The summed E-state index contributed by atoms with van der Waals surface area (Å²) in [5, 5.41) is 105. The highest BCUT2D eigenvalue weighted by Gasteiger charge is 2.49. The molecule has 0 saturated carbocycles. The lowest BCUT2D eigenvalue weighted by Crippen LogP contribution is -2.61. The van der Waals surface area contributed by atoms with Crippen molar-refractivity contribution in [2.45, 2.75) is 74.4 Å². The van der Waals surface area contributed by atoms with E-state index in [9.17, 15) is 55.9 Å². The van der Waals surface area contributed by atoms with Gasteiger partial charge >= 0.3 is 5.97 Å². The molecule has 308 valence electrons. The summed E-state index contributed by atoms with van der Waals surface area (Å²) in [6, 6.07) is 9.08. The van der Waals surface area contributed by atoms with E-state index in [1.54, 1.807) is 0 Å². The van der Waals surface area contributed by atoms with Crippen LogP contribution < -0.4 is 9.47 Å². The Bertz CT molecular complexity index is 1970. The number of phenols is 5. The number of hydrogen-bond donors (Lipinski definition) is 10. The van der Waals surface area contributed by atoms with Crippen molar-refractivity contribution in [2.75, 3.05) is 20.8 Å². The first-order chi connectivity index (χ1) is 27.1. The second-order valence-corrected chi connectivity index (χ2v) is 13.4. The Hall–Kier alpha value is -5.51. The number of aromatic hydroxyl groups is 6. The number of benzene rings is 3. The maximum absolute atomic E-state index is 12.5. The van der Waals surface area contributed by atoms with Crippen LogP contribution in [0.1, 0.15) is 29.7 Å². The van der Waals surface area contributed by atoms with Crippen LogP contribution in [0.3, 0.4) is 0 Å². The molecule has 0 bridgehead atoms. The zero-order valence-corrected chi connectivity index (χ0v) is 30.5. The van der Waals surface area contributed by atoms with Gasteiger partial charge in [-0.2, -0.15) is 0 Å². The average molecular weight is 804 g/mol. The second kappa shape index (κ2) is 16.9. The quantitative estimate of drug-likeness (QED) is 0.0546. The maximum atomic E-state index is 12.5. The number of aliphatic hydroxyl groups excluding tert-OH is 5. The van der Waals surface area contributed by atoms with Crippen LogP contribution in [-0.4, -0.2) is 144 Å². The van der Waals surface area contributed by atoms with Crippen molar-refractivity contribution in [2.24, 2.45) is 0 Å². The molecule has 11 N–H and O–H groups in total. The van der Waals surface area contributed by atoms with Gasteiger partial charge in [-0.3, -0.25) is 0 Å². The Balaban J connectivity index is 1.16. The minimum Gasteiger partial charge on any atom is -0.571 e. The molecular weight excluding hydrogens is 760 g/mol. The highest BCUT2D eigenvalue weighted by atomic mass is 16.7. The number of rotatable bonds is 11. The predicted octanol–water partition coefficient (Wildman–Crippen LogP) is 0.501. The van der Waals surface area contributed by atoms with Gasteiger partial charge in [0, 0.05) is 18.2 Å². The predicted molar refractivity (Wildman–Crippen MR) is 192 cm³/mol. The van der Waals surface area contributed by atoms with Gasteiger partial charge < -0.3 is 89.0 Å². The van der Waals surface area contributed by atoms with Crippen molar-refractivity contribution in [3.8, 4) is 46.0 Å². The fourth-order valence-electron chi connectivity index (χ4n) is 6.46. The van der Waals surface area contributed by atoms with E-state index < -0.39 is 85.8 Å². The fourth-order valence-corrected chi connectivity index (χ4v) is 6.46. The number of aliphatic hydroxyl groups is 6. The van der Waals surface area contributed by atoms with Crippen molar-refractivity contribution < 1.29 is 93.8 Å². The lowest BCUT2D eigenvalue weighted by molar-refractivity contribution is -0.325. The summed E-state index contributed by atoms with van der Waals surface area (Å²) >= 11 is 0. The zero-order chi connectivity index (χ0) is 41.3. The number of ether oxygens (including phenoxy) is 8. The van der Waals surface area contributed by atoms with Crippen LogP contribution in [0, 0.1) is 0 Å². The van der Waals surface area contributed by atoms with Crippen molar-refractivity contribution in [1.29, 1.82) is 0 Å². The van der Waals surface area contributed by atoms with Gasteiger partial charge in [-0.25, -0.2) is 4.79 Å². The lowest BCUT2D eigenvalue weighted by Gasteiger charge is -2.43. The molecule has 3 heterocycles. The van der Waals surface area contributed by atoms with E-state index in [1.165, 1.54) is 69.7 Å². The Morgan fingerprint density at radius 1 is 0.789 bits per heavy atom. The van der Waals surface area contributed by atoms with E-state index in [2.05, 4.69) is 4.74 Å². The number of hydrogen-bond acceptors (Lipinski definition) is 18. The molecule has 0 aliphatic carbocycles. The number of carbonyl (C=O) groups is 1. The lowest BCUT2D eigenvalue weighted by atomic mass is 9.98. The molecule has 2 saturated heterocycles. The summed E-state index contributed by atoms with van der Waals surface area (Å²) in [6.45, 7) is 0.845. The van der Waals surface area contributed by atoms with Crippen molar-refractivity contribution in [1.82, 2.24) is 0 Å². The molecule has 19 nitrogen and oxygen atoms in total. The first kappa shape index (κ1) is 41.1. The molecule has 3 aliphatic rings. The van der Waals surface area contributed by atoms with Crippen LogP contribution in [0.2, 0.25) is 0 Å². The van der Waals surface area contributed by atoms with Crippen molar-refractivity contribution in [3.05, 3.63) is 71.0 Å². The van der Waals surface area contributed by atoms with Gasteiger partial charge in [-0.15, -0.1) is 0 Å². The molecule has 11 atom stereocenters. The van der Waals surface area contributed by atoms with E-state index in [1.807, 2.05) is 0 Å². The van der Waals surface area contributed by atoms with Gasteiger partial charge in [0.05, 0.1) is 38.6 Å². The minimum absolute atomic E-state index is 0.00792. The molecule has 3 aromatic carbocycles. The average Bonchev–Trinajstić information content (AvgIpc) is 3.18. The van der Waals surface area contributed by atoms with E-state index in [-0.39, 0.29) is 51.6 Å². The van der Waals surface area contributed by atoms with Gasteiger partial charge in [0.25, 0.3) is 11.9 Å². The molecule has 57 heavy (non-hydrogen) atoms. The zero-order valence-electron chi connectivity index (χ0n) is 30.5. The summed E-state index contributed by atoms with van der Waals surface area (Å²) in [6.07, 6.45) is -13.6. The normalized spacial score (nSPS) is 29.8. The molecule has 0 spiro atoms. The summed E-state index contributed by atoms with van der Waals surface area (Å²) < 4.78 is 43.8. The fraction of sp³-hybridized carbons (Fsp3) is 0.395. The first-order valence-corrected chi connectivity index (χ1v) is 17.4. The van der Waals surface area contributed by atoms with Gasteiger partial charge in [0.1, 0.15) is 53.7 Å². The third-order valence-electron chi connectivity index (χ3n) is 9.55. The van der Waals surface area contributed by atoms with Crippen LogP contribution >= 0.6 is 0 Å². The SMILES string of the molecule is COc1cc(C2[OH+]c3cc(O)cc(O)c3C=C2O[C@@H]2O[C@H](CO[C@@H]3O[C@@H](C)[C@H](OC(=O)/C=C/c4ccc(O)c(O)c4)[C@@H](O)[C@@H]3O)[C@H](O)[C@@H](O)[C@H]2O)cc(OC)c1O. The largest absolute Gasteiger partial charge is 0.571 e. The van der Waals surface area contributed by atoms with Gasteiger partial charge in [0.15, 0.2) is 41.2 Å². The molecule has 19 heteroatoms. The maximum Gasteiger partial charge on any atom is 0.331 e. The van der Waals surface area contributed by atoms with E-state index >= 15 is 0 Å². The Morgan fingerprint density at radius 3 is 2.14 bits per heavy atom. The van der Waals surface area contributed by atoms with Crippen LogP contribution in [0.15, 0.2) is 54.3 Å². The van der Waals surface area contributed by atoms with Gasteiger partial charge in [-0.05, 0) is 42.8 Å². The summed E-state index contributed by atoms with van der Waals surface area (Å²) in [7, 11) is 2.63. The van der Waals surface area contributed by atoms with Crippen molar-refractivity contribution >= 4 is 18.1 Å². The molecule has 6 rings (SSSR count). The first-order valence-electron chi connectivity index (χ1n) is 17.4. The van der Waals surface area contributed by atoms with Crippen LogP contribution in [-0.2, 0) is 28.5 Å². The number of carbonyl (C=O) groups excluding carboxylic acids is 1. The molecule has 3 aliphatic heterocycles. The molecule has 0 aromatic heterocycles. The molecule has 2 fully saturated rings. The minimum atomic E-state index is -1.87. The molecule has 0 amide bonds. The Kier molecular flexibility index (Phi) is 12.2. The number of fused-ring (bicyclic) bond motifs is 1. The third kappa shape index (κ3) is 8.60. The monoisotopic (exact) mass is 803 g/mol. The molecule has 3 aromatic rings. The molecule has 1 unspecified atom stereocenters. The van der Waals surface area contributed by atoms with E-state index in [4.69, 9.17) is 33.2 Å². The van der Waals surface area contributed by atoms with Crippen LogP contribution in [0.25, 0.3) is 12.2 Å². The summed E-state index contributed by atoms with van der Waals surface area (Å²) in [5.41, 5.74) is 0.799. The topological polar surface area (TPSA) is 297 Å². The number of methoxy groups -OCH3 is 2. The summed E-state index contributed by atoms with van der Waals surface area (Å²) in [4.78, 5) is 12.5. The van der Waals surface area contributed by atoms with Gasteiger partial charge in [-0.1, -0.05) is 6.07 Å². The Labute approximate surface area is 323 Å². The molecule has 0 radical (unpaired) electrons. The summed E-state index contributed by atoms with van der Waals surface area (Å²) in [5.74, 6) is -2.54. The standard InChI is InChI=1S/C38H42O19/c1-15-35(57-28(43)7-5-16-4-6-20(40)22(42)8-16)32(47)34(49)37(53-15)52-14-27-30(45)31(46)33(48)38(56-27)55-26-13-19-21(41)11-18(39)12-23(19)54-36(26)17-9-24(50-2)29(44)25(10-17)51-3/h4-13,15,27,30-42,44-49H,14H2,1-3H3/p+1/b7-5+/t15-,27+,30-,31+,32-,33+,34-,35-,36?,37+,38+/m0/s1. The van der Waals surface area contributed by atoms with E-state index in [0.29, 0.717) is 11.1 Å². The van der Waals surface area contributed by atoms with Crippen LogP contribution in [0.5, 0.6) is 46.0 Å². The third-order valence-corrected chi connectivity index (χ3v) is 9.55. The highest BCUT2D eigenvalue weighted by Crippen LogP contribution is 2.48. The van der Waals surface area contributed by atoms with Gasteiger partial charge in [0.2, 0.25) is 12.0 Å². The number of esters is 1. The van der Waals surface area contributed by atoms with E-state index in [0.717, 1.165) is 12.1 Å². The highest BCUT2D eigenvalue weighted by molar-refractivity contribution is 5.87. The smallest absolute Gasteiger partial charge is 0.331 e. The Morgan fingerprint density at radius 2 is 1.47 bits per heavy atom. The van der Waals surface area contributed by atoms with Crippen LogP contribution in [0.4, 0.5) is 0 Å². The second-order valence-electron chi connectivity index (χ2n) is 13.4. The van der Waals surface area contributed by atoms with Crippen molar-refractivity contribution in [3.63, 3.8) is 0 Å². The number of phenolic OH excluding ortho intramolecular Hbond substituents is 5.